The van der Waals surface area contributed by atoms with Crippen LogP contribution < -0.4 is 10.1 Å². The molecular weight excluding hydrogens is 507 g/mol. The standard InChI is InChI=1S/C26H34Cl2N2O4S/c1-16(2)21-14-22(17(3)12-25(21)34-5)18(4)29-26(31)20-8-10-30(11-9-20)35(32,33)15-19-6-7-23(27)24(28)13-19/h6-7,12-14,16,18,20H,8-11,15H2,1-5H3,(H,29,31)/t18-/m1/s1. The first-order valence-corrected chi connectivity index (χ1v) is 14.2. The number of halogens is 2. The second-order valence-corrected chi connectivity index (χ2v) is 12.3. The molecule has 6 nitrogen and oxygen atoms in total. The molecule has 1 aliphatic heterocycles. The van der Waals surface area contributed by atoms with Crippen LogP contribution in [0.25, 0.3) is 0 Å². The zero-order valence-electron chi connectivity index (χ0n) is 20.9. The number of aryl methyl sites for hydroxylation is 1. The maximum atomic E-state index is 13.0. The summed E-state index contributed by atoms with van der Waals surface area (Å²) in [6, 6.07) is 8.81. The molecule has 1 fully saturated rings. The quantitative estimate of drug-likeness (QED) is 0.455. The van der Waals surface area contributed by atoms with Crippen LogP contribution >= 0.6 is 23.2 Å². The van der Waals surface area contributed by atoms with Crippen LogP contribution in [0.1, 0.15) is 67.8 Å². The number of sulfonamides is 1. The number of ether oxygens (including phenoxy) is 1. The van der Waals surface area contributed by atoms with Crippen molar-refractivity contribution in [3.8, 4) is 5.75 Å². The first-order valence-electron chi connectivity index (χ1n) is 11.8. The highest BCUT2D eigenvalue weighted by Crippen LogP contribution is 2.32. The van der Waals surface area contributed by atoms with Gasteiger partial charge in [-0.3, -0.25) is 4.79 Å². The Morgan fingerprint density at radius 1 is 1.09 bits per heavy atom. The van der Waals surface area contributed by atoms with Gasteiger partial charge in [0.25, 0.3) is 0 Å². The molecule has 3 rings (SSSR count). The fourth-order valence-corrected chi connectivity index (χ4v) is 6.42. The third-order valence-electron chi connectivity index (χ3n) is 6.62. The van der Waals surface area contributed by atoms with E-state index < -0.39 is 10.0 Å². The monoisotopic (exact) mass is 540 g/mol. The smallest absolute Gasteiger partial charge is 0.223 e. The molecule has 1 heterocycles. The minimum atomic E-state index is -3.52. The van der Waals surface area contributed by atoms with Crippen molar-refractivity contribution in [2.24, 2.45) is 5.92 Å². The topological polar surface area (TPSA) is 75.7 Å². The summed E-state index contributed by atoms with van der Waals surface area (Å²) in [5, 5.41) is 3.86. The van der Waals surface area contributed by atoms with Gasteiger partial charge in [-0.1, -0.05) is 43.1 Å². The second-order valence-electron chi connectivity index (χ2n) is 9.51. The summed E-state index contributed by atoms with van der Waals surface area (Å²) >= 11 is 12.0. The molecule has 0 bridgehead atoms. The van der Waals surface area contributed by atoms with Gasteiger partial charge >= 0.3 is 0 Å². The van der Waals surface area contributed by atoms with Crippen LogP contribution in [0.5, 0.6) is 5.75 Å². The third-order valence-corrected chi connectivity index (χ3v) is 9.21. The highest BCUT2D eigenvalue weighted by atomic mass is 35.5. The average molecular weight is 542 g/mol. The summed E-state index contributed by atoms with van der Waals surface area (Å²) in [5.41, 5.74) is 3.81. The predicted octanol–water partition coefficient (Wildman–Crippen LogP) is 5.85. The zero-order valence-corrected chi connectivity index (χ0v) is 23.2. The summed E-state index contributed by atoms with van der Waals surface area (Å²) in [6.45, 7) is 8.85. The highest BCUT2D eigenvalue weighted by Gasteiger charge is 2.32. The van der Waals surface area contributed by atoms with Crippen molar-refractivity contribution in [2.75, 3.05) is 20.2 Å². The van der Waals surface area contributed by atoms with E-state index in [1.54, 1.807) is 25.3 Å². The molecule has 192 valence electrons. The van der Waals surface area contributed by atoms with E-state index in [1.807, 2.05) is 19.9 Å². The molecular formula is C26H34Cl2N2O4S. The molecule has 0 unspecified atom stereocenters. The number of hydrogen-bond donors (Lipinski definition) is 1. The molecule has 2 aromatic carbocycles. The number of amides is 1. The number of carbonyl (C=O) groups is 1. The van der Waals surface area contributed by atoms with E-state index >= 15 is 0 Å². The molecule has 0 spiro atoms. The summed E-state index contributed by atoms with van der Waals surface area (Å²) in [6.07, 6.45) is 0.968. The Balaban J connectivity index is 1.61. The lowest BCUT2D eigenvalue weighted by Crippen LogP contribution is -2.43. The number of rotatable bonds is 8. The number of methoxy groups -OCH3 is 1. The van der Waals surface area contributed by atoms with Crippen molar-refractivity contribution < 1.29 is 17.9 Å². The van der Waals surface area contributed by atoms with Crippen molar-refractivity contribution >= 4 is 39.1 Å². The molecule has 35 heavy (non-hydrogen) atoms. The van der Waals surface area contributed by atoms with Crippen LogP contribution in [0.3, 0.4) is 0 Å². The Kier molecular flexibility index (Phi) is 9.13. The van der Waals surface area contributed by atoms with E-state index in [2.05, 4.69) is 25.2 Å². The number of benzene rings is 2. The van der Waals surface area contributed by atoms with Crippen LogP contribution in [-0.4, -0.2) is 38.8 Å². The highest BCUT2D eigenvalue weighted by molar-refractivity contribution is 7.88. The molecule has 2 aromatic rings. The van der Waals surface area contributed by atoms with Gasteiger partial charge in [0.2, 0.25) is 15.9 Å². The fourth-order valence-electron chi connectivity index (χ4n) is 4.55. The number of carbonyl (C=O) groups excluding carboxylic acids is 1. The fraction of sp³-hybridized carbons (Fsp3) is 0.500. The minimum absolute atomic E-state index is 0.0413. The first-order chi connectivity index (χ1) is 16.4. The largest absolute Gasteiger partial charge is 0.496 e. The number of nitrogens with one attached hydrogen (secondary N) is 1. The van der Waals surface area contributed by atoms with Gasteiger partial charge in [0.05, 0.1) is 28.9 Å². The van der Waals surface area contributed by atoms with Gasteiger partial charge in [-0.2, -0.15) is 0 Å². The molecule has 1 N–H and O–H groups in total. The second kappa shape index (κ2) is 11.5. The van der Waals surface area contributed by atoms with Gasteiger partial charge in [-0.15, -0.1) is 0 Å². The average Bonchev–Trinajstić information content (AvgIpc) is 2.80. The molecule has 1 aliphatic rings. The Morgan fingerprint density at radius 3 is 2.31 bits per heavy atom. The Bertz CT molecular complexity index is 1180. The molecule has 1 saturated heterocycles. The molecule has 0 aliphatic carbocycles. The van der Waals surface area contributed by atoms with E-state index in [1.165, 1.54) is 4.31 Å². The lowest BCUT2D eigenvalue weighted by molar-refractivity contribution is -0.126. The Morgan fingerprint density at radius 2 is 1.74 bits per heavy atom. The molecule has 9 heteroatoms. The van der Waals surface area contributed by atoms with Crippen molar-refractivity contribution in [1.82, 2.24) is 9.62 Å². The SMILES string of the molecule is COc1cc(C)c([C@@H](C)NC(=O)C2CCN(S(=O)(=O)Cc3ccc(Cl)c(Cl)c3)CC2)cc1C(C)C. The van der Waals surface area contributed by atoms with Gasteiger partial charge in [0.1, 0.15) is 5.75 Å². The zero-order chi connectivity index (χ0) is 25.9. The Hall–Kier alpha value is -1.80. The molecule has 0 saturated carbocycles. The van der Waals surface area contributed by atoms with E-state index in [0.29, 0.717) is 47.5 Å². The summed E-state index contributed by atoms with van der Waals surface area (Å²) in [5.74, 6) is 0.737. The van der Waals surface area contributed by atoms with Crippen molar-refractivity contribution in [3.05, 3.63) is 62.6 Å². The molecule has 1 amide bonds. The minimum Gasteiger partial charge on any atom is -0.496 e. The molecule has 1 atom stereocenters. The maximum absolute atomic E-state index is 13.0. The van der Waals surface area contributed by atoms with Crippen LogP contribution in [0.4, 0.5) is 0 Å². The van der Waals surface area contributed by atoms with E-state index in [9.17, 15) is 13.2 Å². The van der Waals surface area contributed by atoms with Crippen molar-refractivity contribution in [2.45, 2.75) is 58.2 Å². The molecule has 0 radical (unpaired) electrons. The van der Waals surface area contributed by atoms with Gasteiger partial charge < -0.3 is 10.1 Å². The summed E-state index contributed by atoms with van der Waals surface area (Å²) in [7, 11) is -1.85. The molecule has 0 aromatic heterocycles. The van der Waals surface area contributed by atoms with Gasteiger partial charge in [0.15, 0.2) is 0 Å². The van der Waals surface area contributed by atoms with Crippen molar-refractivity contribution in [1.29, 1.82) is 0 Å². The van der Waals surface area contributed by atoms with Gasteiger partial charge in [-0.05, 0) is 79.1 Å². The third kappa shape index (κ3) is 6.70. The van der Waals surface area contributed by atoms with Crippen molar-refractivity contribution in [3.63, 3.8) is 0 Å². The normalized spacial score (nSPS) is 16.3. The van der Waals surface area contributed by atoms with Crippen LogP contribution in [-0.2, 0) is 20.6 Å². The predicted molar refractivity (Wildman–Crippen MR) is 142 cm³/mol. The summed E-state index contributed by atoms with van der Waals surface area (Å²) < 4.78 is 32.8. The maximum Gasteiger partial charge on any atom is 0.223 e. The lowest BCUT2D eigenvalue weighted by atomic mass is 9.92. The first kappa shape index (κ1) is 27.8. The van der Waals surface area contributed by atoms with E-state index in [-0.39, 0.29) is 23.6 Å². The van der Waals surface area contributed by atoms with Gasteiger partial charge in [-0.25, -0.2) is 12.7 Å². The number of piperidine rings is 1. The number of nitrogens with zero attached hydrogens (tertiary/aromatic N) is 1. The summed E-state index contributed by atoms with van der Waals surface area (Å²) in [4.78, 5) is 13.0. The van der Waals surface area contributed by atoms with E-state index in [4.69, 9.17) is 27.9 Å². The van der Waals surface area contributed by atoms with Crippen LogP contribution in [0.15, 0.2) is 30.3 Å². The van der Waals surface area contributed by atoms with Crippen LogP contribution in [0.2, 0.25) is 10.0 Å². The van der Waals surface area contributed by atoms with E-state index in [0.717, 1.165) is 22.4 Å². The lowest BCUT2D eigenvalue weighted by Gasteiger charge is -2.31. The Labute approximate surface area is 219 Å². The van der Waals surface area contributed by atoms with Crippen LogP contribution in [0, 0.1) is 12.8 Å². The number of hydrogen-bond acceptors (Lipinski definition) is 4. The van der Waals surface area contributed by atoms with Gasteiger partial charge in [0, 0.05) is 19.0 Å².